The maximum atomic E-state index is 2.36. The molecule has 0 spiro atoms. The Morgan fingerprint density at radius 1 is 0.826 bits per heavy atom. The van der Waals surface area contributed by atoms with Crippen molar-refractivity contribution in [3.05, 3.63) is 57.6 Å². The van der Waals surface area contributed by atoms with E-state index in [9.17, 15) is 0 Å². The van der Waals surface area contributed by atoms with Crippen LogP contribution in [0.4, 0.5) is 0 Å². The molecule has 2 aromatic carbocycles. The molecule has 0 unspecified atom stereocenters. The molecule has 0 aromatic heterocycles. The number of benzene rings is 2. The van der Waals surface area contributed by atoms with Crippen molar-refractivity contribution in [1.29, 1.82) is 0 Å². The fraction of sp³-hybridized carbons (Fsp3) is 0.478. The third kappa shape index (κ3) is 2.84. The second kappa shape index (κ2) is 6.91. The van der Waals surface area contributed by atoms with E-state index in [4.69, 9.17) is 0 Å². The van der Waals surface area contributed by atoms with E-state index < -0.39 is 0 Å². The maximum Gasteiger partial charge on any atom is -0.00106 e. The molecule has 0 heteroatoms. The Morgan fingerprint density at radius 3 is 2.17 bits per heavy atom. The van der Waals surface area contributed by atoms with E-state index >= 15 is 0 Å². The highest BCUT2D eigenvalue weighted by molar-refractivity contribution is 5.82. The zero-order chi connectivity index (χ0) is 16.4. The molecule has 0 heterocycles. The first-order valence-electron chi connectivity index (χ1n) is 9.41. The molecule has 0 N–H and O–H groups in total. The van der Waals surface area contributed by atoms with Crippen molar-refractivity contribution in [2.45, 2.75) is 72.6 Å². The molecular formula is C23H30. The molecule has 1 aliphatic rings. The predicted molar refractivity (Wildman–Crippen MR) is 101 cm³/mol. The van der Waals surface area contributed by atoms with E-state index in [0.29, 0.717) is 0 Å². The van der Waals surface area contributed by atoms with Crippen molar-refractivity contribution in [1.82, 2.24) is 0 Å². The Bertz CT molecular complexity index is 706. The summed E-state index contributed by atoms with van der Waals surface area (Å²) in [5, 5.41) is 0. The summed E-state index contributed by atoms with van der Waals surface area (Å²) in [4.78, 5) is 0. The third-order valence-electron chi connectivity index (χ3n) is 5.65. The summed E-state index contributed by atoms with van der Waals surface area (Å²) < 4.78 is 0. The molecule has 0 bridgehead atoms. The summed E-state index contributed by atoms with van der Waals surface area (Å²) in [7, 11) is 0. The first-order valence-corrected chi connectivity index (χ1v) is 9.41. The van der Waals surface area contributed by atoms with Gasteiger partial charge in [-0.05, 0) is 90.5 Å². The Hall–Kier alpha value is -1.56. The predicted octanol–water partition coefficient (Wildman–Crippen LogP) is 6.56. The van der Waals surface area contributed by atoms with Gasteiger partial charge in [0.15, 0.2) is 0 Å². The molecule has 0 saturated carbocycles. The van der Waals surface area contributed by atoms with E-state index in [2.05, 4.69) is 52.0 Å². The van der Waals surface area contributed by atoms with Crippen LogP contribution in [0, 0.1) is 13.8 Å². The van der Waals surface area contributed by atoms with Gasteiger partial charge >= 0.3 is 0 Å². The lowest BCUT2D eigenvalue weighted by atomic mass is 9.83. The largest absolute Gasteiger partial charge is 0.0654 e. The summed E-state index contributed by atoms with van der Waals surface area (Å²) in [5.41, 5.74) is 12.7. The van der Waals surface area contributed by atoms with Crippen LogP contribution in [0.3, 0.4) is 0 Å². The summed E-state index contributed by atoms with van der Waals surface area (Å²) in [6.07, 6.45) is 8.78. The van der Waals surface area contributed by atoms with Gasteiger partial charge in [0.25, 0.3) is 0 Å². The molecule has 0 fully saturated rings. The van der Waals surface area contributed by atoms with Gasteiger partial charge in [0.05, 0.1) is 0 Å². The van der Waals surface area contributed by atoms with Crippen molar-refractivity contribution in [3.8, 4) is 11.1 Å². The standard InChI is InChI=1S/C23H30/c1-5-7-12-19-16(3)17(4)22-15-18-11-9-10-14-20(18)23(22)21(19)13-8-6-2/h9-11,14H,5-8,12-13,15H2,1-4H3. The quantitative estimate of drug-likeness (QED) is 0.484. The van der Waals surface area contributed by atoms with Gasteiger partial charge in [-0.1, -0.05) is 51.0 Å². The SMILES string of the molecule is CCCCc1c(C)c(C)c2c(c1CCCC)-c1ccccc1C2. The molecule has 23 heavy (non-hydrogen) atoms. The van der Waals surface area contributed by atoms with Crippen LogP contribution in [0.25, 0.3) is 11.1 Å². The van der Waals surface area contributed by atoms with Crippen LogP contribution in [0.15, 0.2) is 24.3 Å². The Balaban J connectivity index is 2.21. The van der Waals surface area contributed by atoms with Gasteiger partial charge in [0.1, 0.15) is 0 Å². The second-order valence-electron chi connectivity index (χ2n) is 7.10. The van der Waals surface area contributed by atoms with Gasteiger partial charge in [0.2, 0.25) is 0 Å². The minimum atomic E-state index is 1.13. The minimum absolute atomic E-state index is 1.13. The van der Waals surface area contributed by atoms with Gasteiger partial charge in [0, 0.05) is 0 Å². The lowest BCUT2D eigenvalue weighted by Gasteiger charge is -2.21. The second-order valence-corrected chi connectivity index (χ2v) is 7.10. The van der Waals surface area contributed by atoms with E-state index in [0.717, 1.165) is 6.42 Å². The lowest BCUT2D eigenvalue weighted by Crippen LogP contribution is -2.05. The molecule has 0 atom stereocenters. The lowest BCUT2D eigenvalue weighted by molar-refractivity contribution is 0.754. The molecule has 0 amide bonds. The molecule has 0 radical (unpaired) electrons. The van der Waals surface area contributed by atoms with Gasteiger partial charge < -0.3 is 0 Å². The molecule has 1 aliphatic carbocycles. The molecule has 0 nitrogen and oxygen atoms in total. The topological polar surface area (TPSA) is 0 Å². The Kier molecular flexibility index (Phi) is 4.90. The van der Waals surface area contributed by atoms with Crippen molar-refractivity contribution in [2.24, 2.45) is 0 Å². The Morgan fingerprint density at radius 2 is 1.48 bits per heavy atom. The zero-order valence-electron chi connectivity index (χ0n) is 15.3. The smallest absolute Gasteiger partial charge is 0.00106 e. The summed E-state index contributed by atoms with van der Waals surface area (Å²) >= 11 is 0. The fourth-order valence-corrected chi connectivity index (χ4v) is 4.18. The monoisotopic (exact) mass is 306 g/mol. The number of unbranched alkanes of at least 4 members (excludes halogenated alkanes) is 2. The van der Waals surface area contributed by atoms with E-state index in [1.807, 2.05) is 0 Å². The summed E-state index contributed by atoms with van der Waals surface area (Å²) in [5.74, 6) is 0. The van der Waals surface area contributed by atoms with Gasteiger partial charge in [-0.2, -0.15) is 0 Å². The van der Waals surface area contributed by atoms with Crippen molar-refractivity contribution < 1.29 is 0 Å². The zero-order valence-corrected chi connectivity index (χ0v) is 15.3. The van der Waals surface area contributed by atoms with Crippen LogP contribution in [0.2, 0.25) is 0 Å². The summed E-state index contributed by atoms with van der Waals surface area (Å²) in [6, 6.07) is 9.06. The molecule has 2 aromatic rings. The highest BCUT2D eigenvalue weighted by atomic mass is 14.3. The van der Waals surface area contributed by atoms with E-state index in [-0.39, 0.29) is 0 Å². The first kappa shape index (κ1) is 16.3. The molecular weight excluding hydrogens is 276 g/mol. The average molecular weight is 306 g/mol. The number of hydrogen-bond acceptors (Lipinski definition) is 0. The van der Waals surface area contributed by atoms with Crippen LogP contribution in [-0.4, -0.2) is 0 Å². The van der Waals surface area contributed by atoms with Gasteiger partial charge in [-0.25, -0.2) is 0 Å². The van der Waals surface area contributed by atoms with Crippen molar-refractivity contribution in [2.75, 3.05) is 0 Å². The average Bonchev–Trinajstić information content (AvgIpc) is 2.95. The van der Waals surface area contributed by atoms with Gasteiger partial charge in [-0.15, -0.1) is 0 Å². The Labute approximate surface area is 141 Å². The highest BCUT2D eigenvalue weighted by Gasteiger charge is 2.26. The van der Waals surface area contributed by atoms with Crippen LogP contribution < -0.4 is 0 Å². The van der Waals surface area contributed by atoms with Crippen LogP contribution in [0.5, 0.6) is 0 Å². The molecule has 3 rings (SSSR count). The van der Waals surface area contributed by atoms with Crippen LogP contribution in [0.1, 0.15) is 72.9 Å². The first-order chi connectivity index (χ1) is 11.2. The summed E-state index contributed by atoms with van der Waals surface area (Å²) in [6.45, 7) is 9.32. The van der Waals surface area contributed by atoms with E-state index in [1.54, 1.807) is 33.4 Å². The molecule has 0 saturated heterocycles. The number of fused-ring (bicyclic) bond motifs is 3. The van der Waals surface area contributed by atoms with Crippen LogP contribution in [-0.2, 0) is 19.3 Å². The van der Waals surface area contributed by atoms with Crippen molar-refractivity contribution in [3.63, 3.8) is 0 Å². The highest BCUT2D eigenvalue weighted by Crippen LogP contribution is 2.44. The van der Waals surface area contributed by atoms with Gasteiger partial charge in [-0.3, -0.25) is 0 Å². The van der Waals surface area contributed by atoms with Crippen LogP contribution >= 0.6 is 0 Å². The van der Waals surface area contributed by atoms with E-state index in [1.165, 1.54) is 49.7 Å². The number of rotatable bonds is 6. The van der Waals surface area contributed by atoms with Crippen molar-refractivity contribution >= 4 is 0 Å². The maximum absolute atomic E-state index is 2.36. The molecule has 122 valence electrons. The molecule has 0 aliphatic heterocycles. The third-order valence-corrected chi connectivity index (χ3v) is 5.65. The minimum Gasteiger partial charge on any atom is -0.0654 e. The normalized spacial score (nSPS) is 12.3. The fourth-order valence-electron chi connectivity index (χ4n) is 4.18. The number of hydrogen-bond donors (Lipinski definition) is 0.